The normalized spacial score (nSPS) is 16.6. The third kappa shape index (κ3) is 4.16. The number of nitrogens with one attached hydrogen (secondary N) is 1. The molecule has 1 N–H and O–H groups in total. The lowest BCUT2D eigenvalue weighted by atomic mass is 9.91. The van der Waals surface area contributed by atoms with Crippen molar-refractivity contribution >= 4 is 10.9 Å². The van der Waals surface area contributed by atoms with Crippen molar-refractivity contribution in [3.63, 3.8) is 0 Å². The summed E-state index contributed by atoms with van der Waals surface area (Å²) in [6.45, 7) is 6.38. The van der Waals surface area contributed by atoms with Gasteiger partial charge in [0.25, 0.3) is 5.56 Å². The molecule has 1 aromatic carbocycles. The molecule has 1 saturated carbocycles. The van der Waals surface area contributed by atoms with Gasteiger partial charge in [-0.1, -0.05) is 26.2 Å². The Kier molecular flexibility index (Phi) is 6.33. The smallest absolute Gasteiger partial charge is 0.253 e. The molecule has 8 nitrogen and oxygen atoms in total. The predicted molar refractivity (Wildman–Crippen MR) is 125 cm³/mol. The van der Waals surface area contributed by atoms with Crippen molar-refractivity contribution in [2.45, 2.75) is 76.9 Å². The van der Waals surface area contributed by atoms with Crippen LogP contribution in [-0.2, 0) is 5.54 Å². The van der Waals surface area contributed by atoms with E-state index in [1.165, 1.54) is 19.3 Å². The average molecular weight is 439 g/mol. The summed E-state index contributed by atoms with van der Waals surface area (Å²) >= 11 is 0. The van der Waals surface area contributed by atoms with Gasteiger partial charge in [-0.25, -0.2) is 4.68 Å². The van der Waals surface area contributed by atoms with Crippen molar-refractivity contribution in [3.8, 4) is 5.75 Å². The monoisotopic (exact) mass is 438 g/mol. The average Bonchev–Trinajstić information content (AvgIpc) is 3.30. The van der Waals surface area contributed by atoms with Crippen LogP contribution >= 0.6 is 0 Å². The maximum Gasteiger partial charge on any atom is 0.253 e. The van der Waals surface area contributed by atoms with E-state index in [9.17, 15) is 4.79 Å². The molecule has 1 aliphatic carbocycles. The molecule has 0 amide bonds. The Labute approximate surface area is 189 Å². The number of hydrogen-bond donors (Lipinski definition) is 1. The van der Waals surface area contributed by atoms with Gasteiger partial charge < -0.3 is 9.72 Å². The molecule has 3 aromatic rings. The van der Waals surface area contributed by atoms with Crippen LogP contribution in [0.3, 0.4) is 0 Å². The van der Waals surface area contributed by atoms with Crippen LogP contribution in [0.4, 0.5) is 0 Å². The summed E-state index contributed by atoms with van der Waals surface area (Å²) in [5.41, 5.74) is 1.04. The summed E-state index contributed by atoms with van der Waals surface area (Å²) < 4.78 is 7.22. The minimum atomic E-state index is -0.339. The summed E-state index contributed by atoms with van der Waals surface area (Å²) in [5.74, 6) is 1.42. The highest BCUT2D eigenvalue weighted by atomic mass is 16.5. The van der Waals surface area contributed by atoms with Crippen LogP contribution in [0.15, 0.2) is 29.1 Å². The molecule has 4 rings (SSSR count). The molecule has 172 valence electrons. The Morgan fingerprint density at radius 1 is 1.25 bits per heavy atom. The first kappa shape index (κ1) is 22.5. The SMILES string of the molecule is CCC(C)(C)n1nnnc1[C@H](c1cc2ccc(OC)cc2[nH]c1=O)N(C)C1CCCCC1. The highest BCUT2D eigenvalue weighted by molar-refractivity contribution is 5.80. The molecule has 1 atom stereocenters. The first-order valence-electron chi connectivity index (χ1n) is 11.6. The standard InChI is InChI=1S/C24H34N6O2/c1-6-24(2,3)30-22(26-27-28-30)21(29(4)17-10-8-7-9-11-17)19-14-16-12-13-18(32-5)15-20(16)25-23(19)31/h12-15,17,21H,6-11H2,1-5H3,(H,25,31)/t21-/m0/s1. The van der Waals surface area contributed by atoms with Crippen LogP contribution in [0.1, 0.15) is 76.7 Å². The van der Waals surface area contributed by atoms with Crippen molar-refractivity contribution in [1.82, 2.24) is 30.1 Å². The number of rotatable bonds is 7. The molecule has 0 aliphatic heterocycles. The van der Waals surface area contributed by atoms with Gasteiger partial charge in [0.2, 0.25) is 0 Å². The number of aromatic nitrogens is 5. The minimum absolute atomic E-state index is 0.123. The van der Waals surface area contributed by atoms with E-state index in [1.54, 1.807) is 7.11 Å². The molecular formula is C24H34N6O2. The third-order valence-corrected chi connectivity index (χ3v) is 7.11. The molecule has 1 aliphatic rings. The van der Waals surface area contributed by atoms with Gasteiger partial charge in [0, 0.05) is 17.7 Å². The number of nitrogens with zero attached hydrogens (tertiary/aromatic N) is 5. The highest BCUT2D eigenvalue weighted by Gasteiger charge is 2.35. The Morgan fingerprint density at radius 3 is 2.69 bits per heavy atom. The van der Waals surface area contributed by atoms with Crippen LogP contribution < -0.4 is 10.3 Å². The number of benzene rings is 1. The van der Waals surface area contributed by atoms with Crippen molar-refractivity contribution < 1.29 is 4.74 Å². The summed E-state index contributed by atoms with van der Waals surface area (Å²) in [4.78, 5) is 18.8. The van der Waals surface area contributed by atoms with Gasteiger partial charge in [-0.15, -0.1) is 5.10 Å². The Balaban J connectivity index is 1.88. The summed E-state index contributed by atoms with van der Waals surface area (Å²) in [6, 6.07) is 7.77. The fraction of sp³-hybridized carbons (Fsp3) is 0.583. The van der Waals surface area contributed by atoms with Crippen LogP contribution in [0.5, 0.6) is 5.75 Å². The Bertz CT molecular complexity index is 1130. The van der Waals surface area contributed by atoms with Crippen LogP contribution in [-0.4, -0.2) is 50.3 Å². The quantitative estimate of drug-likeness (QED) is 0.599. The molecule has 2 heterocycles. The van der Waals surface area contributed by atoms with Crippen molar-refractivity contribution in [2.24, 2.45) is 0 Å². The zero-order chi connectivity index (χ0) is 22.9. The maximum absolute atomic E-state index is 13.4. The fourth-order valence-electron chi connectivity index (χ4n) is 4.71. The van der Waals surface area contributed by atoms with E-state index >= 15 is 0 Å². The third-order valence-electron chi connectivity index (χ3n) is 7.11. The lowest BCUT2D eigenvalue weighted by molar-refractivity contribution is 0.142. The van der Waals surface area contributed by atoms with Crippen molar-refractivity contribution in [3.05, 3.63) is 46.0 Å². The fourth-order valence-corrected chi connectivity index (χ4v) is 4.71. The van der Waals surface area contributed by atoms with Crippen LogP contribution in [0, 0.1) is 0 Å². The molecule has 1 fully saturated rings. The number of aromatic amines is 1. The van der Waals surface area contributed by atoms with Gasteiger partial charge in [-0.05, 0) is 74.2 Å². The molecule has 0 unspecified atom stereocenters. The number of hydrogen-bond acceptors (Lipinski definition) is 6. The summed E-state index contributed by atoms with van der Waals surface area (Å²) in [6.07, 6.45) is 6.80. The van der Waals surface area contributed by atoms with E-state index in [0.717, 1.165) is 30.2 Å². The maximum atomic E-state index is 13.4. The van der Waals surface area contributed by atoms with Gasteiger partial charge in [-0.3, -0.25) is 9.69 Å². The zero-order valence-electron chi connectivity index (χ0n) is 19.8. The number of H-pyrrole nitrogens is 1. The second-order valence-corrected chi connectivity index (χ2v) is 9.48. The van der Waals surface area contributed by atoms with Gasteiger partial charge in [0.15, 0.2) is 5.82 Å². The number of fused-ring (bicyclic) bond motifs is 1. The van der Waals surface area contributed by atoms with Crippen LogP contribution in [0.25, 0.3) is 10.9 Å². The highest BCUT2D eigenvalue weighted by Crippen LogP contribution is 2.34. The molecule has 0 saturated heterocycles. The molecule has 0 radical (unpaired) electrons. The van der Waals surface area contributed by atoms with E-state index in [4.69, 9.17) is 4.74 Å². The second-order valence-electron chi connectivity index (χ2n) is 9.48. The van der Waals surface area contributed by atoms with E-state index in [1.807, 2.05) is 28.9 Å². The topological polar surface area (TPSA) is 88.9 Å². The first-order valence-corrected chi connectivity index (χ1v) is 11.6. The molecule has 8 heteroatoms. The lowest BCUT2D eigenvalue weighted by Crippen LogP contribution is -2.42. The number of methoxy groups -OCH3 is 1. The van der Waals surface area contributed by atoms with E-state index in [0.29, 0.717) is 23.2 Å². The minimum Gasteiger partial charge on any atom is -0.497 e. The van der Waals surface area contributed by atoms with Gasteiger partial charge in [-0.2, -0.15) is 0 Å². The van der Waals surface area contributed by atoms with E-state index in [2.05, 4.69) is 53.2 Å². The van der Waals surface area contributed by atoms with Crippen LogP contribution in [0.2, 0.25) is 0 Å². The number of tetrazole rings is 1. The van der Waals surface area contributed by atoms with E-state index < -0.39 is 0 Å². The second kappa shape index (κ2) is 9.02. The van der Waals surface area contributed by atoms with Crippen molar-refractivity contribution in [2.75, 3.05) is 14.2 Å². The van der Waals surface area contributed by atoms with Gasteiger partial charge >= 0.3 is 0 Å². The first-order chi connectivity index (χ1) is 15.4. The van der Waals surface area contributed by atoms with Crippen molar-refractivity contribution in [1.29, 1.82) is 0 Å². The Morgan fingerprint density at radius 2 is 2.00 bits per heavy atom. The van der Waals surface area contributed by atoms with Gasteiger partial charge in [0.05, 0.1) is 18.2 Å². The van der Waals surface area contributed by atoms with E-state index in [-0.39, 0.29) is 17.1 Å². The summed E-state index contributed by atoms with van der Waals surface area (Å²) in [7, 11) is 3.73. The molecule has 2 aromatic heterocycles. The Hall–Kier alpha value is -2.74. The largest absolute Gasteiger partial charge is 0.497 e. The lowest BCUT2D eigenvalue weighted by Gasteiger charge is -2.37. The zero-order valence-corrected chi connectivity index (χ0v) is 19.8. The van der Waals surface area contributed by atoms with Gasteiger partial charge in [0.1, 0.15) is 11.8 Å². The molecule has 32 heavy (non-hydrogen) atoms. The number of ether oxygens (including phenoxy) is 1. The molecular weight excluding hydrogens is 404 g/mol. The number of pyridine rings is 1. The predicted octanol–water partition coefficient (Wildman–Crippen LogP) is 4.02. The molecule has 0 spiro atoms. The summed E-state index contributed by atoms with van der Waals surface area (Å²) in [5, 5.41) is 13.8. The molecule has 0 bridgehead atoms.